The Kier molecular flexibility index (Phi) is 52.3. The zero-order valence-electron chi connectivity index (χ0n) is 43.7. The maximum atomic E-state index is 12.8. The third-order valence-electron chi connectivity index (χ3n) is 12.3. The molecule has 0 aliphatic heterocycles. The fraction of sp³-hybridized carbons (Fsp3) is 0.783. The van der Waals surface area contributed by atoms with Gasteiger partial charge in [0.15, 0.2) is 6.10 Å². The Morgan fingerprint density at radius 3 is 0.939 bits per heavy atom. The Bertz CT molecular complexity index is 1200. The first-order valence-electron chi connectivity index (χ1n) is 28.3. The molecule has 382 valence electrons. The lowest BCUT2D eigenvalue weighted by Crippen LogP contribution is -2.30. The number of allylic oxidation sites excluding steroid dienone is 10. The third-order valence-corrected chi connectivity index (χ3v) is 12.3. The molecule has 6 heteroatoms. The molecule has 1 unspecified atom stereocenters. The summed E-state index contributed by atoms with van der Waals surface area (Å²) in [7, 11) is 0. The quantitative estimate of drug-likeness (QED) is 0.0262. The van der Waals surface area contributed by atoms with Crippen molar-refractivity contribution in [3.63, 3.8) is 0 Å². The van der Waals surface area contributed by atoms with E-state index in [-0.39, 0.29) is 31.1 Å². The van der Waals surface area contributed by atoms with Gasteiger partial charge in [0.2, 0.25) is 0 Å². The lowest BCUT2D eigenvalue weighted by Gasteiger charge is -2.18. The molecule has 0 fully saturated rings. The Hall–Kier alpha value is -2.89. The van der Waals surface area contributed by atoms with Crippen LogP contribution < -0.4 is 0 Å². The molecule has 0 saturated heterocycles. The monoisotopic (exact) mass is 923 g/mol. The summed E-state index contributed by atoms with van der Waals surface area (Å²) in [4.78, 5) is 37.9. The highest BCUT2D eigenvalue weighted by Crippen LogP contribution is 2.16. The van der Waals surface area contributed by atoms with E-state index in [1.807, 2.05) is 0 Å². The topological polar surface area (TPSA) is 78.9 Å². The van der Waals surface area contributed by atoms with E-state index in [0.29, 0.717) is 19.3 Å². The van der Waals surface area contributed by atoms with Crippen LogP contribution in [0.1, 0.15) is 284 Å². The van der Waals surface area contributed by atoms with Gasteiger partial charge in [0, 0.05) is 19.3 Å². The normalized spacial score (nSPS) is 12.5. The fourth-order valence-corrected chi connectivity index (χ4v) is 8.02. The van der Waals surface area contributed by atoms with Crippen LogP contribution in [-0.4, -0.2) is 37.2 Å². The molecule has 0 radical (unpaired) electrons. The number of ether oxygens (including phenoxy) is 3. The number of hydrogen-bond acceptors (Lipinski definition) is 6. The largest absolute Gasteiger partial charge is 0.462 e. The van der Waals surface area contributed by atoms with E-state index in [4.69, 9.17) is 14.2 Å². The van der Waals surface area contributed by atoms with E-state index in [2.05, 4.69) is 81.5 Å². The molecular formula is C60H106O6. The number of hydrogen-bond donors (Lipinski definition) is 0. The van der Waals surface area contributed by atoms with Crippen LogP contribution >= 0.6 is 0 Å². The van der Waals surface area contributed by atoms with Gasteiger partial charge in [-0.3, -0.25) is 14.4 Å². The summed E-state index contributed by atoms with van der Waals surface area (Å²) in [6.45, 7) is 6.47. The number of esters is 3. The minimum Gasteiger partial charge on any atom is -0.462 e. The van der Waals surface area contributed by atoms with Crippen molar-refractivity contribution in [2.24, 2.45) is 0 Å². The Morgan fingerprint density at radius 1 is 0.318 bits per heavy atom. The molecule has 0 rings (SSSR count). The summed E-state index contributed by atoms with van der Waals surface area (Å²) >= 11 is 0. The van der Waals surface area contributed by atoms with Crippen LogP contribution in [0.15, 0.2) is 60.8 Å². The lowest BCUT2D eigenvalue weighted by molar-refractivity contribution is -0.167. The minimum atomic E-state index is -0.778. The molecule has 0 heterocycles. The van der Waals surface area contributed by atoms with Crippen molar-refractivity contribution in [1.29, 1.82) is 0 Å². The van der Waals surface area contributed by atoms with E-state index in [0.717, 1.165) is 96.3 Å². The van der Waals surface area contributed by atoms with E-state index in [1.54, 1.807) is 0 Å². The summed E-state index contributed by atoms with van der Waals surface area (Å²) in [6.07, 6.45) is 68.2. The highest BCUT2D eigenvalue weighted by molar-refractivity contribution is 5.71. The van der Waals surface area contributed by atoms with Gasteiger partial charge in [-0.15, -0.1) is 0 Å². The first-order valence-corrected chi connectivity index (χ1v) is 28.3. The number of unbranched alkanes of at least 4 members (excludes halogenated alkanes) is 30. The van der Waals surface area contributed by atoms with Crippen LogP contribution in [0, 0.1) is 0 Å². The van der Waals surface area contributed by atoms with E-state index in [1.165, 1.54) is 148 Å². The van der Waals surface area contributed by atoms with Crippen LogP contribution in [-0.2, 0) is 28.6 Å². The summed E-state index contributed by atoms with van der Waals surface area (Å²) in [5, 5.41) is 0. The van der Waals surface area contributed by atoms with Gasteiger partial charge in [-0.05, 0) is 83.5 Å². The Balaban J connectivity index is 4.15. The Morgan fingerprint density at radius 2 is 0.591 bits per heavy atom. The highest BCUT2D eigenvalue weighted by atomic mass is 16.6. The van der Waals surface area contributed by atoms with Gasteiger partial charge in [-0.25, -0.2) is 0 Å². The van der Waals surface area contributed by atoms with Crippen molar-refractivity contribution < 1.29 is 28.6 Å². The molecule has 6 nitrogen and oxygen atoms in total. The number of rotatable bonds is 51. The maximum absolute atomic E-state index is 12.8. The molecule has 0 aromatic carbocycles. The van der Waals surface area contributed by atoms with Crippen LogP contribution in [0.2, 0.25) is 0 Å². The van der Waals surface area contributed by atoms with Crippen LogP contribution in [0.3, 0.4) is 0 Å². The van der Waals surface area contributed by atoms with Gasteiger partial charge < -0.3 is 14.2 Å². The molecule has 0 bridgehead atoms. The zero-order valence-corrected chi connectivity index (χ0v) is 43.7. The van der Waals surface area contributed by atoms with Gasteiger partial charge in [-0.1, -0.05) is 242 Å². The van der Waals surface area contributed by atoms with Crippen molar-refractivity contribution in [2.75, 3.05) is 13.2 Å². The van der Waals surface area contributed by atoms with E-state index >= 15 is 0 Å². The average molecular weight is 924 g/mol. The molecule has 0 amide bonds. The number of carbonyl (C=O) groups excluding carboxylic acids is 3. The van der Waals surface area contributed by atoms with Gasteiger partial charge >= 0.3 is 17.9 Å². The average Bonchev–Trinajstić information content (AvgIpc) is 3.31. The molecule has 0 aromatic heterocycles. The molecule has 1 atom stereocenters. The zero-order chi connectivity index (χ0) is 47.9. The fourth-order valence-electron chi connectivity index (χ4n) is 8.02. The van der Waals surface area contributed by atoms with Crippen molar-refractivity contribution in [3.05, 3.63) is 60.8 Å². The van der Waals surface area contributed by atoms with Crippen molar-refractivity contribution in [2.45, 2.75) is 290 Å². The summed E-state index contributed by atoms with van der Waals surface area (Å²) < 4.78 is 16.7. The van der Waals surface area contributed by atoms with Crippen LogP contribution in [0.4, 0.5) is 0 Å². The molecule has 0 aliphatic carbocycles. The van der Waals surface area contributed by atoms with Crippen LogP contribution in [0.5, 0.6) is 0 Å². The smallest absolute Gasteiger partial charge is 0.306 e. The van der Waals surface area contributed by atoms with E-state index in [9.17, 15) is 14.4 Å². The second-order valence-electron chi connectivity index (χ2n) is 18.8. The number of carbonyl (C=O) groups is 3. The second kappa shape index (κ2) is 54.7. The van der Waals surface area contributed by atoms with Crippen molar-refractivity contribution in [1.82, 2.24) is 0 Å². The Labute approximate surface area is 409 Å². The second-order valence-corrected chi connectivity index (χ2v) is 18.8. The maximum Gasteiger partial charge on any atom is 0.306 e. The van der Waals surface area contributed by atoms with Gasteiger partial charge in [0.05, 0.1) is 0 Å². The molecule has 0 spiro atoms. The molecular weight excluding hydrogens is 817 g/mol. The molecule has 0 aliphatic rings. The predicted molar refractivity (Wildman–Crippen MR) is 284 cm³/mol. The van der Waals surface area contributed by atoms with Crippen molar-refractivity contribution >= 4 is 17.9 Å². The summed E-state index contributed by atoms with van der Waals surface area (Å²) in [5.74, 6) is -0.896. The first-order chi connectivity index (χ1) is 32.5. The predicted octanol–water partition coefficient (Wildman–Crippen LogP) is 18.8. The molecule has 0 saturated carbocycles. The highest BCUT2D eigenvalue weighted by Gasteiger charge is 2.19. The van der Waals surface area contributed by atoms with Gasteiger partial charge in [0.25, 0.3) is 0 Å². The van der Waals surface area contributed by atoms with Gasteiger partial charge in [0.1, 0.15) is 13.2 Å². The molecule has 66 heavy (non-hydrogen) atoms. The lowest BCUT2D eigenvalue weighted by atomic mass is 10.0. The van der Waals surface area contributed by atoms with Crippen LogP contribution in [0.25, 0.3) is 0 Å². The first kappa shape index (κ1) is 63.1. The third kappa shape index (κ3) is 52.1. The minimum absolute atomic E-state index is 0.0792. The van der Waals surface area contributed by atoms with Crippen molar-refractivity contribution in [3.8, 4) is 0 Å². The SMILES string of the molecule is CC/C=C\C/C=C\C/C=C\C/C=C\CCCCCCCCC(=O)OC(COC(=O)CCCCCCCC)COC(=O)CCCCCCCCCCCCC/C=C\CCCCCCCCCC. The van der Waals surface area contributed by atoms with Gasteiger partial charge in [-0.2, -0.15) is 0 Å². The molecule has 0 N–H and O–H groups in total. The van der Waals surface area contributed by atoms with E-state index < -0.39 is 6.10 Å². The summed E-state index contributed by atoms with van der Waals surface area (Å²) in [5.41, 5.74) is 0. The summed E-state index contributed by atoms with van der Waals surface area (Å²) in [6, 6.07) is 0. The standard InChI is InChI=1S/C60H106O6/c1-4-7-10-13-16-18-20-22-24-26-28-29-30-31-33-34-36-38-40-42-44-47-50-53-59(62)65-56-57(55-64-58(61)52-49-46-15-12-9-6-3)66-60(63)54-51-48-45-43-41-39-37-35-32-27-25-23-21-19-17-14-11-8-5-2/h8,11,17,19,23,25-26,28,32,35,57H,4-7,9-10,12-16,18,20-22,24,27,29-31,33-34,36-56H2,1-3H3/b11-8-,19-17-,25-23-,28-26-,35-32-. The molecule has 0 aromatic rings.